The predicted octanol–water partition coefficient (Wildman–Crippen LogP) is -0.847. The Balaban J connectivity index is 1.79. The summed E-state index contributed by atoms with van der Waals surface area (Å²) >= 11 is 23.7. The fourth-order valence-corrected chi connectivity index (χ4v) is 11.1. The van der Waals surface area contributed by atoms with Crippen LogP contribution in [0.15, 0.2) is 54.5 Å². The number of thiocarbonyl (C=S) groups is 4. The minimum atomic E-state index is -1.61. The Kier molecular flexibility index (Phi) is 30.6. The van der Waals surface area contributed by atoms with Crippen molar-refractivity contribution < 1.29 is 57.0 Å². The molecule has 1 aromatic carbocycles. The molecule has 3 unspecified atom stereocenters. The van der Waals surface area contributed by atoms with Gasteiger partial charge in [-0.3, -0.25) is 47.4 Å². The first kappa shape index (κ1) is 74.9. The van der Waals surface area contributed by atoms with Crippen molar-refractivity contribution in [3.05, 3.63) is 65.7 Å². The molecule has 1 aromatic heterocycles. The molecule has 3 rings (SSSR count). The summed E-state index contributed by atoms with van der Waals surface area (Å²) in [5, 5.41) is 46.0. The number of hydrogen-bond donors (Lipinski definition) is 13. The summed E-state index contributed by atoms with van der Waals surface area (Å²) in [4.78, 5) is 123. The summed E-state index contributed by atoms with van der Waals surface area (Å²) < 4.78 is 15.3. The number of benzene rings is 1. The maximum absolute atomic E-state index is 14.4. The van der Waals surface area contributed by atoms with Crippen molar-refractivity contribution in [1.29, 1.82) is 0 Å². The molecule has 8 amide bonds. The van der Waals surface area contributed by atoms with Gasteiger partial charge in [-0.05, 0) is 63.8 Å². The van der Waals surface area contributed by atoms with Crippen molar-refractivity contribution in [2.24, 2.45) is 25.9 Å². The number of aryl methyl sites for hydroxylation is 2. The van der Waals surface area contributed by atoms with E-state index in [1.54, 1.807) is 108 Å². The van der Waals surface area contributed by atoms with Crippen LogP contribution in [0.5, 0.6) is 0 Å². The molecule has 0 spiro atoms. The molecule has 2 aromatic rings. The lowest BCUT2D eigenvalue weighted by Gasteiger charge is -2.30. The number of nitrogens with one attached hydrogen (secondary N) is 12. The molecule has 0 bridgehead atoms. The lowest BCUT2D eigenvalue weighted by molar-refractivity contribution is -0.671. The zero-order valence-electron chi connectivity index (χ0n) is 51.4. The van der Waals surface area contributed by atoms with E-state index >= 15 is 0 Å². The molecule has 0 fully saturated rings. The van der Waals surface area contributed by atoms with E-state index in [1.807, 2.05) is 13.8 Å². The first-order valence-corrected chi connectivity index (χ1v) is 32.4. The number of aliphatic hydroxyl groups excluding tert-OH is 1. The molecule has 14 atom stereocenters. The van der Waals surface area contributed by atoms with Gasteiger partial charge in [-0.2, -0.15) is 0 Å². The van der Waals surface area contributed by atoms with Crippen molar-refractivity contribution in [3.63, 3.8) is 0 Å². The Morgan fingerprint density at radius 3 is 1.85 bits per heavy atom. The van der Waals surface area contributed by atoms with Crippen molar-refractivity contribution in [2.45, 2.75) is 167 Å². The Hall–Kier alpha value is -6.38. The van der Waals surface area contributed by atoms with Crippen molar-refractivity contribution in [2.75, 3.05) is 12.0 Å². The second-order valence-electron chi connectivity index (χ2n) is 22.0. The van der Waals surface area contributed by atoms with Crippen LogP contribution in [-0.4, -0.2) is 171 Å². The van der Waals surface area contributed by atoms with Crippen LogP contribution >= 0.6 is 60.6 Å². The minimum absolute atomic E-state index is 0.0301. The Morgan fingerprint density at radius 1 is 0.713 bits per heavy atom. The van der Waals surface area contributed by atoms with Crippen LogP contribution in [0.2, 0.25) is 0 Å². The topological polar surface area (TPSA) is 344 Å². The number of carbonyl (C=O) groups is 9. The number of carbonyl (C=O) groups excluding carboxylic acids is 9. The van der Waals surface area contributed by atoms with Crippen LogP contribution < -0.4 is 68.4 Å². The van der Waals surface area contributed by atoms with Gasteiger partial charge in [0.15, 0.2) is 5.69 Å². The van der Waals surface area contributed by atoms with Crippen molar-refractivity contribution in [3.8, 4) is 0 Å². The normalized spacial score (nSPS) is 22.1. The van der Waals surface area contributed by atoms with Crippen LogP contribution in [0.4, 0.5) is 0 Å². The molecule has 0 saturated heterocycles. The SMILES string of the molecule is CC(=O)C(=O)N[C@H](C(=S)N[C@@H](CCS(C)=O)C(=S)N[C@@H](C)C(=O)N[C@@H](C)C(=S)N[C@@H](C)C(=S)N[C@@H](C)C(=O)N[C@H]1C(=O)N[C@@H](C(C)C)C(=O)N[C@@H](C)C(=O)N[C@@H](Cc2ccccc2)C(=O)N[C@@H](C(O)c2c[n+](C)cn2C)C(=O)N/C=C\SC1C)C(C)C. The molecular weight excluding hydrogens is 1240 g/mol. The largest absolute Gasteiger partial charge is 0.382 e. The minimum Gasteiger partial charge on any atom is -0.382 e. The first-order chi connectivity index (χ1) is 40.6. The van der Waals surface area contributed by atoms with E-state index in [9.17, 15) is 52.5 Å². The summed E-state index contributed by atoms with van der Waals surface area (Å²) in [6.07, 6.45) is 4.65. The molecule has 87 heavy (non-hydrogen) atoms. The predicted molar refractivity (Wildman–Crippen MR) is 350 cm³/mol. The third-order valence-electron chi connectivity index (χ3n) is 13.7. The Labute approximate surface area is 537 Å². The quantitative estimate of drug-likeness (QED) is 0.0366. The van der Waals surface area contributed by atoms with Gasteiger partial charge >= 0.3 is 0 Å². The van der Waals surface area contributed by atoms with Crippen LogP contribution in [0.3, 0.4) is 0 Å². The average molecular weight is 1320 g/mol. The van der Waals surface area contributed by atoms with E-state index in [0.717, 1.165) is 18.7 Å². The zero-order valence-corrected chi connectivity index (χ0v) is 56.3. The Morgan fingerprint density at radius 2 is 1.29 bits per heavy atom. The molecule has 2 heterocycles. The van der Waals surface area contributed by atoms with E-state index in [4.69, 9.17) is 48.9 Å². The van der Waals surface area contributed by atoms with Crippen LogP contribution in [0, 0.1) is 11.8 Å². The van der Waals surface area contributed by atoms with Gasteiger partial charge in [0.25, 0.3) is 5.91 Å². The number of amides is 8. The number of imidazole rings is 1. The maximum atomic E-state index is 14.4. The maximum Gasteiger partial charge on any atom is 0.287 e. The summed E-state index contributed by atoms with van der Waals surface area (Å²) in [5.41, 5.74) is 0.934. The van der Waals surface area contributed by atoms with Gasteiger partial charge < -0.3 is 68.9 Å². The van der Waals surface area contributed by atoms with Gasteiger partial charge in [0.2, 0.25) is 53.5 Å². The molecule has 1 aliphatic heterocycles. The number of hydrogen-bond acceptors (Lipinski definition) is 16. The van der Waals surface area contributed by atoms with Gasteiger partial charge in [0, 0.05) is 47.6 Å². The van der Waals surface area contributed by atoms with E-state index in [2.05, 4.69) is 63.8 Å². The molecular formula is C56H85N14O11S6+. The van der Waals surface area contributed by atoms with Gasteiger partial charge in [0.05, 0.1) is 58.2 Å². The number of ketones is 1. The number of rotatable bonds is 23. The van der Waals surface area contributed by atoms with Gasteiger partial charge in [-0.25, -0.2) is 9.13 Å². The lowest BCUT2D eigenvalue weighted by atomic mass is 10.0. The number of Topliss-reactive ketones (excluding diaryl/α,β-unsaturated/α-hetero) is 1. The van der Waals surface area contributed by atoms with Gasteiger partial charge in [-0.1, -0.05) is 114 Å². The molecule has 480 valence electrons. The monoisotopic (exact) mass is 1320 g/mol. The molecule has 25 nitrogen and oxygen atoms in total. The summed E-state index contributed by atoms with van der Waals surface area (Å²) in [6, 6.07) is -2.78. The van der Waals surface area contributed by atoms with E-state index in [-0.39, 0.29) is 50.2 Å². The number of thioether (sulfide) groups is 1. The standard InChI is InChI=1S/C56H84N14O11S6/c1-27(2)40-51(79)58-29(5)46(74)63-38(24-36-18-16-15-17-19-36)49(77)68-43(44(72)39-25-69(12)26-70(39)13)50(78)57-21-22-86-35(11)42(52(80)65-40)67-47(75)31(7)60-54(83)33(9)62-53(82)32(8)59-45(73)30(6)61-55(84)37(20-23-87(14)81)64-56(85)41(28(3)4)66-48(76)34(10)71/h15-19,21-22,25-33,35,37-38,40-44,72H,20,23-24H2,1-14H3,(H11-,57,58,59,60,61,62,63,64,65,66,67,68,73,74,75,76,77,78,79,80,82,83,84,85)/p+1/b22-21-/t29-,30-,31-,32-,33-,35?,37-,38-,40-,41-,42+,43-,44?,87?/m0/s1. The van der Waals surface area contributed by atoms with E-state index < -0.39 is 148 Å². The highest BCUT2D eigenvalue weighted by atomic mass is 32.2. The second kappa shape index (κ2) is 35.6. The second-order valence-corrected chi connectivity index (χ2v) is 26.6. The van der Waals surface area contributed by atoms with Gasteiger partial charge in [-0.15, -0.1) is 11.8 Å². The molecule has 0 aliphatic carbocycles. The highest BCUT2D eigenvalue weighted by Gasteiger charge is 2.38. The third-order valence-corrected chi connectivity index (χ3v) is 17.3. The Bertz CT molecular complexity index is 2910. The fourth-order valence-electron chi connectivity index (χ4n) is 8.48. The van der Waals surface area contributed by atoms with Gasteiger partial charge in [0.1, 0.15) is 54.6 Å². The summed E-state index contributed by atoms with van der Waals surface area (Å²) in [7, 11) is 2.16. The average Bonchev–Trinajstić information content (AvgIpc) is 3.96. The third kappa shape index (κ3) is 23.9. The molecule has 31 heteroatoms. The smallest absolute Gasteiger partial charge is 0.287 e. The first-order valence-electron chi connectivity index (χ1n) is 28.1. The number of aromatic nitrogens is 2. The van der Waals surface area contributed by atoms with Crippen molar-refractivity contribution >= 4 is 144 Å². The van der Waals surface area contributed by atoms with Crippen molar-refractivity contribution in [1.82, 2.24) is 68.4 Å². The highest BCUT2D eigenvalue weighted by molar-refractivity contribution is 8.02. The number of aliphatic hydroxyl groups is 1. The molecule has 13 N–H and O–H groups in total. The molecule has 0 radical (unpaired) electrons. The van der Waals surface area contributed by atoms with Crippen LogP contribution in [-0.2, 0) is 74.5 Å². The zero-order chi connectivity index (χ0) is 65.7. The number of nitrogens with zero attached hydrogens (tertiary/aromatic N) is 2. The van der Waals surface area contributed by atoms with E-state index in [0.29, 0.717) is 5.56 Å². The highest BCUT2D eigenvalue weighted by Crippen LogP contribution is 2.20. The van der Waals surface area contributed by atoms with Crippen LogP contribution in [0.25, 0.3) is 0 Å². The van der Waals surface area contributed by atoms with E-state index in [1.165, 1.54) is 31.7 Å². The summed E-state index contributed by atoms with van der Waals surface area (Å²) in [6.45, 7) is 17.6. The van der Waals surface area contributed by atoms with Crippen LogP contribution in [0.1, 0.15) is 99.9 Å². The summed E-state index contributed by atoms with van der Waals surface area (Å²) in [5.74, 6) is -7.08. The fraction of sp³-hybridized carbons (Fsp3) is 0.571. The molecule has 0 saturated carbocycles. The molecule has 1 aliphatic rings. The lowest BCUT2D eigenvalue weighted by Crippen LogP contribution is -2.61.